The lowest BCUT2D eigenvalue weighted by Crippen LogP contribution is -2.36. The molecule has 0 aliphatic carbocycles. The lowest BCUT2D eigenvalue weighted by molar-refractivity contribution is -0.00275. The molecule has 2 N–H and O–H groups in total. The van der Waals surface area contributed by atoms with Crippen LogP contribution in [0.2, 0.25) is 0 Å². The summed E-state index contributed by atoms with van der Waals surface area (Å²) in [5.74, 6) is 1.06. The van der Waals surface area contributed by atoms with E-state index in [0.29, 0.717) is 11.8 Å². The standard InChI is InChI=1S/C12H27NO/c1-6-11(4)12(5,14)7-8-13-9-10(2)3/h10-11,13-14H,6-9H2,1-5H3. The Morgan fingerprint density at radius 3 is 2.29 bits per heavy atom. The monoisotopic (exact) mass is 201 g/mol. The molecule has 0 aliphatic heterocycles. The van der Waals surface area contributed by atoms with Gasteiger partial charge in [-0.1, -0.05) is 34.1 Å². The zero-order valence-corrected chi connectivity index (χ0v) is 10.4. The number of hydrogen-bond acceptors (Lipinski definition) is 2. The van der Waals surface area contributed by atoms with Crippen LogP contribution in [-0.4, -0.2) is 23.8 Å². The molecule has 0 spiro atoms. The van der Waals surface area contributed by atoms with Crippen LogP contribution in [0.25, 0.3) is 0 Å². The Kier molecular flexibility index (Phi) is 6.38. The molecule has 0 fully saturated rings. The molecule has 0 aromatic rings. The first-order valence-corrected chi connectivity index (χ1v) is 5.83. The molecule has 0 radical (unpaired) electrons. The van der Waals surface area contributed by atoms with Gasteiger partial charge in [-0.05, 0) is 38.3 Å². The summed E-state index contributed by atoms with van der Waals surface area (Å²) in [7, 11) is 0. The van der Waals surface area contributed by atoms with Crippen LogP contribution in [0, 0.1) is 11.8 Å². The van der Waals surface area contributed by atoms with Gasteiger partial charge in [0, 0.05) is 0 Å². The predicted molar refractivity (Wildman–Crippen MR) is 62.4 cm³/mol. The molecule has 14 heavy (non-hydrogen) atoms. The highest BCUT2D eigenvalue weighted by molar-refractivity contribution is 4.79. The number of nitrogens with one attached hydrogen (secondary N) is 1. The Balaban J connectivity index is 3.65. The van der Waals surface area contributed by atoms with Crippen LogP contribution in [0.4, 0.5) is 0 Å². The molecule has 2 heteroatoms. The second-order valence-corrected chi connectivity index (χ2v) is 5.01. The largest absolute Gasteiger partial charge is 0.390 e. The summed E-state index contributed by atoms with van der Waals surface area (Å²) in [5.41, 5.74) is -0.515. The molecule has 2 nitrogen and oxygen atoms in total. The van der Waals surface area contributed by atoms with E-state index in [4.69, 9.17) is 0 Å². The van der Waals surface area contributed by atoms with Crippen LogP contribution in [0.5, 0.6) is 0 Å². The summed E-state index contributed by atoms with van der Waals surface area (Å²) in [5, 5.41) is 13.5. The molecule has 0 saturated carbocycles. The predicted octanol–water partition coefficient (Wildman–Crippen LogP) is 2.42. The van der Waals surface area contributed by atoms with E-state index in [1.165, 1.54) is 0 Å². The quantitative estimate of drug-likeness (QED) is 0.620. The number of hydrogen-bond donors (Lipinski definition) is 2. The normalized spacial score (nSPS) is 18.2. The lowest BCUT2D eigenvalue weighted by Gasteiger charge is -2.29. The third kappa shape index (κ3) is 5.61. The molecule has 0 aromatic heterocycles. The van der Waals surface area contributed by atoms with Crippen molar-refractivity contribution >= 4 is 0 Å². The van der Waals surface area contributed by atoms with Gasteiger partial charge in [-0.15, -0.1) is 0 Å². The van der Waals surface area contributed by atoms with Crippen molar-refractivity contribution in [3.63, 3.8) is 0 Å². The lowest BCUT2D eigenvalue weighted by atomic mass is 9.86. The summed E-state index contributed by atoms with van der Waals surface area (Å²) >= 11 is 0. The van der Waals surface area contributed by atoms with E-state index >= 15 is 0 Å². The molecule has 2 atom stereocenters. The molecule has 0 heterocycles. The van der Waals surface area contributed by atoms with Crippen LogP contribution in [0.15, 0.2) is 0 Å². The smallest absolute Gasteiger partial charge is 0.0657 e. The second kappa shape index (κ2) is 6.41. The molecule has 0 amide bonds. The summed E-state index contributed by atoms with van der Waals surface area (Å²) in [6, 6.07) is 0. The number of rotatable bonds is 7. The van der Waals surface area contributed by atoms with E-state index in [9.17, 15) is 5.11 Å². The van der Waals surface area contributed by atoms with Gasteiger partial charge in [0.05, 0.1) is 5.60 Å². The van der Waals surface area contributed by atoms with E-state index < -0.39 is 5.60 Å². The molecule has 0 bridgehead atoms. The molecule has 0 rings (SSSR count). The molecular formula is C12H27NO. The van der Waals surface area contributed by atoms with E-state index in [-0.39, 0.29) is 0 Å². The van der Waals surface area contributed by atoms with Gasteiger partial charge in [0.1, 0.15) is 0 Å². The van der Waals surface area contributed by atoms with Gasteiger partial charge in [-0.2, -0.15) is 0 Å². The third-order valence-corrected chi connectivity index (χ3v) is 3.03. The number of aliphatic hydroxyl groups is 1. The van der Waals surface area contributed by atoms with E-state index in [0.717, 1.165) is 25.9 Å². The zero-order chi connectivity index (χ0) is 11.2. The van der Waals surface area contributed by atoms with Crippen LogP contribution in [-0.2, 0) is 0 Å². The second-order valence-electron chi connectivity index (χ2n) is 5.01. The van der Waals surface area contributed by atoms with Crippen molar-refractivity contribution in [3.8, 4) is 0 Å². The molecule has 2 unspecified atom stereocenters. The van der Waals surface area contributed by atoms with Crippen molar-refractivity contribution in [3.05, 3.63) is 0 Å². The highest BCUT2D eigenvalue weighted by Gasteiger charge is 2.25. The molecule has 0 aromatic carbocycles. The fourth-order valence-corrected chi connectivity index (χ4v) is 1.42. The first kappa shape index (κ1) is 13.9. The van der Waals surface area contributed by atoms with Crippen LogP contribution in [0.3, 0.4) is 0 Å². The van der Waals surface area contributed by atoms with Crippen molar-refractivity contribution in [1.29, 1.82) is 0 Å². The maximum Gasteiger partial charge on any atom is 0.0657 e. The Hall–Kier alpha value is -0.0800. The van der Waals surface area contributed by atoms with Gasteiger partial charge in [0.2, 0.25) is 0 Å². The van der Waals surface area contributed by atoms with Gasteiger partial charge in [0.15, 0.2) is 0 Å². The first-order valence-electron chi connectivity index (χ1n) is 5.83. The Morgan fingerprint density at radius 2 is 1.86 bits per heavy atom. The average Bonchev–Trinajstić information content (AvgIpc) is 2.10. The van der Waals surface area contributed by atoms with E-state index in [1.54, 1.807) is 0 Å². The summed E-state index contributed by atoms with van der Waals surface area (Å²) in [6.45, 7) is 12.5. The van der Waals surface area contributed by atoms with Crippen LogP contribution >= 0.6 is 0 Å². The SMILES string of the molecule is CCC(C)C(C)(O)CCNCC(C)C. The molecule has 0 aliphatic rings. The Labute approximate surface area is 89.1 Å². The highest BCUT2D eigenvalue weighted by Crippen LogP contribution is 2.22. The minimum Gasteiger partial charge on any atom is -0.390 e. The van der Waals surface area contributed by atoms with Gasteiger partial charge in [0.25, 0.3) is 0 Å². The average molecular weight is 201 g/mol. The van der Waals surface area contributed by atoms with E-state index in [1.807, 2.05) is 6.92 Å². The van der Waals surface area contributed by atoms with Crippen molar-refractivity contribution < 1.29 is 5.11 Å². The zero-order valence-electron chi connectivity index (χ0n) is 10.4. The van der Waals surface area contributed by atoms with Gasteiger partial charge >= 0.3 is 0 Å². The molecule has 86 valence electrons. The minimum atomic E-state index is -0.515. The summed E-state index contributed by atoms with van der Waals surface area (Å²) in [6.07, 6.45) is 1.88. The van der Waals surface area contributed by atoms with Crippen molar-refractivity contribution in [1.82, 2.24) is 5.32 Å². The minimum absolute atomic E-state index is 0.378. The topological polar surface area (TPSA) is 32.3 Å². The Bertz CT molecular complexity index is 143. The van der Waals surface area contributed by atoms with Gasteiger partial charge in [-0.25, -0.2) is 0 Å². The fraction of sp³-hybridized carbons (Fsp3) is 1.00. The van der Waals surface area contributed by atoms with Gasteiger partial charge in [-0.3, -0.25) is 0 Å². The fourth-order valence-electron chi connectivity index (χ4n) is 1.42. The third-order valence-electron chi connectivity index (χ3n) is 3.03. The Morgan fingerprint density at radius 1 is 1.29 bits per heavy atom. The maximum atomic E-state index is 10.1. The maximum absolute atomic E-state index is 10.1. The van der Waals surface area contributed by atoms with Crippen molar-refractivity contribution in [2.75, 3.05) is 13.1 Å². The van der Waals surface area contributed by atoms with Crippen LogP contribution in [0.1, 0.15) is 47.5 Å². The molecule has 0 saturated heterocycles. The highest BCUT2D eigenvalue weighted by atomic mass is 16.3. The summed E-state index contributed by atoms with van der Waals surface area (Å²) < 4.78 is 0. The molecular weight excluding hydrogens is 174 g/mol. The van der Waals surface area contributed by atoms with E-state index in [2.05, 4.69) is 33.0 Å². The van der Waals surface area contributed by atoms with Crippen LogP contribution < -0.4 is 5.32 Å². The van der Waals surface area contributed by atoms with Crippen molar-refractivity contribution in [2.45, 2.75) is 53.1 Å². The van der Waals surface area contributed by atoms with Gasteiger partial charge < -0.3 is 10.4 Å². The first-order chi connectivity index (χ1) is 6.40. The summed E-state index contributed by atoms with van der Waals surface area (Å²) in [4.78, 5) is 0. The van der Waals surface area contributed by atoms with Crippen molar-refractivity contribution in [2.24, 2.45) is 11.8 Å².